The van der Waals surface area contributed by atoms with Crippen molar-refractivity contribution in [2.75, 3.05) is 11.1 Å². The fraction of sp³-hybridized carbons (Fsp3) is 0.318. The zero-order valence-electron chi connectivity index (χ0n) is 17.3. The highest BCUT2D eigenvalue weighted by Crippen LogP contribution is 2.38. The highest BCUT2D eigenvalue weighted by atomic mass is 32.2. The van der Waals surface area contributed by atoms with Crippen LogP contribution in [0.1, 0.15) is 46.4 Å². The number of amides is 1. The predicted octanol–water partition coefficient (Wildman–Crippen LogP) is 4.46. The van der Waals surface area contributed by atoms with Gasteiger partial charge >= 0.3 is 0 Å². The van der Waals surface area contributed by atoms with Crippen molar-refractivity contribution in [1.82, 2.24) is 19.6 Å². The Morgan fingerprint density at radius 2 is 2.06 bits per heavy atom. The second-order valence-corrected chi connectivity index (χ2v) is 9.69. The number of thiophene rings is 1. The van der Waals surface area contributed by atoms with E-state index in [2.05, 4.69) is 15.5 Å². The van der Waals surface area contributed by atoms with Crippen LogP contribution in [0.2, 0.25) is 0 Å². The average Bonchev–Trinajstić information content (AvgIpc) is 3.33. The first-order chi connectivity index (χ1) is 15.0. The number of fused-ring (bicyclic) bond motifs is 5. The van der Waals surface area contributed by atoms with Gasteiger partial charge in [-0.05, 0) is 57.2 Å². The minimum atomic E-state index is -0.165. The van der Waals surface area contributed by atoms with Crippen LogP contribution in [-0.4, -0.2) is 37.0 Å². The number of benzene rings is 1. The predicted molar refractivity (Wildman–Crippen MR) is 123 cm³/mol. The third-order valence-electron chi connectivity index (χ3n) is 5.48. The molecule has 1 N–H and O–H groups in total. The van der Waals surface area contributed by atoms with Crippen molar-refractivity contribution in [3.63, 3.8) is 0 Å². The number of aryl methyl sites for hydroxylation is 3. The Balaban J connectivity index is 1.39. The van der Waals surface area contributed by atoms with E-state index in [4.69, 9.17) is 4.98 Å². The number of nitrogens with one attached hydrogen (secondary N) is 1. The van der Waals surface area contributed by atoms with E-state index in [0.717, 1.165) is 34.5 Å². The first kappa shape index (κ1) is 20.1. The van der Waals surface area contributed by atoms with Gasteiger partial charge in [0.05, 0.1) is 11.1 Å². The smallest absolute Gasteiger partial charge is 0.234 e. The molecule has 0 radical (unpaired) electrons. The molecule has 7 nitrogen and oxygen atoms in total. The number of thioether (sulfide) groups is 1. The lowest BCUT2D eigenvalue weighted by Gasteiger charge is -2.10. The summed E-state index contributed by atoms with van der Waals surface area (Å²) in [5.74, 6) is 0.806. The van der Waals surface area contributed by atoms with Crippen LogP contribution in [0.5, 0.6) is 0 Å². The van der Waals surface area contributed by atoms with Crippen LogP contribution in [0.3, 0.4) is 0 Å². The summed E-state index contributed by atoms with van der Waals surface area (Å²) < 4.78 is 1.96. The summed E-state index contributed by atoms with van der Waals surface area (Å²) in [5, 5.41) is 13.5. The van der Waals surface area contributed by atoms with E-state index >= 15 is 0 Å². The minimum Gasteiger partial charge on any atom is -0.325 e. The Kier molecular flexibility index (Phi) is 5.23. The third kappa shape index (κ3) is 3.72. The van der Waals surface area contributed by atoms with Gasteiger partial charge in [0.15, 0.2) is 16.6 Å². The lowest BCUT2D eigenvalue weighted by atomic mass is 9.97. The van der Waals surface area contributed by atoms with E-state index in [1.165, 1.54) is 42.0 Å². The first-order valence-electron chi connectivity index (χ1n) is 10.2. The molecule has 31 heavy (non-hydrogen) atoms. The number of aromatic nitrogens is 4. The number of anilines is 1. The topological polar surface area (TPSA) is 89.2 Å². The molecule has 0 fully saturated rings. The van der Waals surface area contributed by atoms with Gasteiger partial charge in [0, 0.05) is 16.1 Å². The summed E-state index contributed by atoms with van der Waals surface area (Å²) in [6.45, 7) is 3.46. The summed E-state index contributed by atoms with van der Waals surface area (Å²) in [7, 11) is 0. The number of Topliss-reactive ketones (excluding diaryl/α,β-unsaturated/α-hetero) is 1. The summed E-state index contributed by atoms with van der Waals surface area (Å²) in [4.78, 5) is 31.3. The summed E-state index contributed by atoms with van der Waals surface area (Å²) in [6, 6.07) is 6.94. The molecule has 3 aromatic heterocycles. The maximum absolute atomic E-state index is 12.5. The second-order valence-electron chi connectivity index (χ2n) is 7.67. The van der Waals surface area contributed by atoms with Crippen LogP contribution in [0.4, 0.5) is 5.69 Å². The van der Waals surface area contributed by atoms with Crippen molar-refractivity contribution in [3.05, 3.63) is 46.1 Å². The van der Waals surface area contributed by atoms with Gasteiger partial charge in [-0.25, -0.2) is 4.98 Å². The first-order valence-corrected chi connectivity index (χ1v) is 12.0. The molecule has 5 rings (SSSR count). The van der Waals surface area contributed by atoms with Gasteiger partial charge in [0.25, 0.3) is 0 Å². The van der Waals surface area contributed by atoms with E-state index < -0.39 is 0 Å². The molecule has 4 aromatic rings. The number of hydrogen-bond acceptors (Lipinski definition) is 7. The number of ketones is 1. The number of nitrogens with zero attached hydrogens (tertiary/aromatic N) is 4. The van der Waals surface area contributed by atoms with Crippen LogP contribution in [0.25, 0.3) is 15.9 Å². The van der Waals surface area contributed by atoms with Crippen LogP contribution in [0, 0.1) is 6.92 Å². The summed E-state index contributed by atoms with van der Waals surface area (Å²) >= 11 is 3.10. The fourth-order valence-electron chi connectivity index (χ4n) is 4.02. The molecule has 9 heteroatoms. The number of hydrogen-bond donors (Lipinski definition) is 1. The average molecular weight is 452 g/mol. The standard InChI is InChI=1S/C22H21N5O2S2/c1-12(28)14-6-5-7-15(10-14)24-18(29)11-30-22-26-25-20-19-16-8-3-4-9-17(16)31-21(19)23-13(2)27(20)22/h5-7,10H,3-4,8-9,11H2,1-2H3,(H,24,29). The maximum atomic E-state index is 12.5. The quantitative estimate of drug-likeness (QED) is 0.356. The molecule has 0 spiro atoms. The number of carbonyl (C=O) groups excluding carboxylic acids is 2. The van der Waals surface area contributed by atoms with Gasteiger partial charge in [-0.1, -0.05) is 23.9 Å². The molecular formula is C22H21N5O2S2. The van der Waals surface area contributed by atoms with Crippen LogP contribution >= 0.6 is 23.1 Å². The van der Waals surface area contributed by atoms with Crippen molar-refractivity contribution in [1.29, 1.82) is 0 Å². The van der Waals surface area contributed by atoms with Gasteiger partial charge in [-0.15, -0.1) is 21.5 Å². The molecule has 1 aliphatic carbocycles. The second kappa shape index (κ2) is 8.05. The molecule has 3 heterocycles. The normalized spacial score (nSPS) is 13.5. The zero-order valence-corrected chi connectivity index (χ0v) is 18.9. The molecule has 0 aliphatic heterocycles. The van der Waals surface area contributed by atoms with E-state index in [1.807, 2.05) is 11.3 Å². The number of rotatable bonds is 5. The molecule has 0 saturated carbocycles. The molecule has 1 amide bonds. The molecule has 158 valence electrons. The molecule has 0 atom stereocenters. The van der Waals surface area contributed by atoms with E-state index in [9.17, 15) is 9.59 Å². The van der Waals surface area contributed by atoms with Crippen molar-refractivity contribution in [2.45, 2.75) is 44.7 Å². The van der Waals surface area contributed by atoms with Crippen molar-refractivity contribution < 1.29 is 9.59 Å². The van der Waals surface area contributed by atoms with Crippen molar-refractivity contribution >= 4 is 56.3 Å². The highest BCUT2D eigenvalue weighted by molar-refractivity contribution is 7.99. The van der Waals surface area contributed by atoms with Gasteiger partial charge in [-0.2, -0.15) is 0 Å². The largest absolute Gasteiger partial charge is 0.325 e. The molecule has 1 aliphatic rings. The van der Waals surface area contributed by atoms with Crippen LogP contribution in [-0.2, 0) is 17.6 Å². The van der Waals surface area contributed by atoms with E-state index in [0.29, 0.717) is 16.4 Å². The molecule has 0 bridgehead atoms. The van der Waals surface area contributed by atoms with E-state index in [-0.39, 0.29) is 17.4 Å². The maximum Gasteiger partial charge on any atom is 0.234 e. The van der Waals surface area contributed by atoms with Crippen molar-refractivity contribution in [2.24, 2.45) is 0 Å². The molecule has 1 aromatic carbocycles. The summed E-state index contributed by atoms with van der Waals surface area (Å²) in [6.07, 6.45) is 4.60. The Hall–Kier alpha value is -2.78. The Labute approximate surface area is 187 Å². The van der Waals surface area contributed by atoms with Gasteiger partial charge in [-0.3, -0.25) is 14.0 Å². The molecular weight excluding hydrogens is 430 g/mol. The van der Waals surface area contributed by atoms with Gasteiger partial charge in [0.2, 0.25) is 5.91 Å². The molecule has 0 saturated heterocycles. The van der Waals surface area contributed by atoms with Crippen molar-refractivity contribution in [3.8, 4) is 0 Å². The minimum absolute atomic E-state index is 0.0367. The lowest BCUT2D eigenvalue weighted by molar-refractivity contribution is -0.113. The Bertz CT molecular complexity index is 1340. The summed E-state index contributed by atoms with van der Waals surface area (Å²) in [5.41, 5.74) is 3.38. The SMILES string of the molecule is CC(=O)c1cccc(NC(=O)CSc2nnc3c4c5c(sc4nc(C)n23)CCCC5)c1. The van der Waals surface area contributed by atoms with Crippen LogP contribution < -0.4 is 5.32 Å². The van der Waals surface area contributed by atoms with Crippen LogP contribution in [0.15, 0.2) is 29.4 Å². The van der Waals surface area contributed by atoms with Gasteiger partial charge < -0.3 is 5.32 Å². The lowest BCUT2D eigenvalue weighted by Crippen LogP contribution is -2.14. The zero-order chi connectivity index (χ0) is 21.5. The Morgan fingerprint density at radius 1 is 1.23 bits per heavy atom. The number of carbonyl (C=O) groups is 2. The van der Waals surface area contributed by atoms with E-state index in [1.54, 1.807) is 35.6 Å². The molecule has 0 unspecified atom stereocenters. The third-order valence-corrected chi connectivity index (χ3v) is 7.60. The highest BCUT2D eigenvalue weighted by Gasteiger charge is 2.22. The Morgan fingerprint density at radius 3 is 2.90 bits per heavy atom. The van der Waals surface area contributed by atoms with Gasteiger partial charge in [0.1, 0.15) is 10.7 Å². The fourth-order valence-corrected chi connectivity index (χ4v) is 6.10. The monoisotopic (exact) mass is 451 g/mol.